The number of aliphatic hydroxyl groups excluding tert-OH is 1. The van der Waals surface area contributed by atoms with Crippen molar-refractivity contribution in [1.82, 2.24) is 61.5 Å². The Kier molecular flexibility index (Phi) is 22.8. The summed E-state index contributed by atoms with van der Waals surface area (Å²) >= 11 is 7.08. The zero-order chi connectivity index (χ0) is 66.7. The zero-order valence-corrected chi connectivity index (χ0v) is 56.4. The van der Waals surface area contributed by atoms with E-state index in [1.54, 1.807) is 70.9 Å². The van der Waals surface area contributed by atoms with Gasteiger partial charge < -0.3 is 51.4 Å². The smallest absolute Gasteiger partial charge is 0.415 e. The zero-order valence-electron chi connectivity index (χ0n) is 51.5. The standard InChI is InChI=1S/C62H67N13O13S6/c1-30(2)46-60-74-49(41(94-60)25-87-5)53(82)64-24-44(77)71-50(51(80)32-13-9-8-10-14-32)59-69-40(28-91-59)57-67-38(26-90-57)48-35(55-68-39(27-89-55)52(81)66-37(23-43(76)63-4)58-73-47(31(3)93-58)54(83)72-46)20-21-36(65-48)56-70-42(29-92-56)75(22-12-7-6-11-15-45(78)79)62(86)88-34-18-16-33(17-19-34)61(84)85/h8-10,13-14,20-21,26-30,33-34,37,46,50-51,80H,6-7,11-12,15-19,22-25H2,1-5H3,(H,63,76)(H,64,82)(H,66,81)(H,71,77)(H,72,83)(H,78,79)(H,84,85)/t33-,34-,37-,46?,50-,51-/m0/s1. The molecule has 0 spiro atoms. The van der Waals surface area contributed by atoms with Crippen molar-refractivity contribution in [2.24, 2.45) is 11.8 Å². The van der Waals surface area contributed by atoms with E-state index < -0.39 is 90.4 Å². The second-order valence-electron chi connectivity index (χ2n) is 22.6. The number of aliphatic carboxylic acids is 2. The van der Waals surface area contributed by atoms with E-state index in [1.807, 2.05) is 13.8 Å². The van der Waals surface area contributed by atoms with Gasteiger partial charge in [0.05, 0.1) is 48.1 Å². The number of thiazole rings is 6. The Morgan fingerprint density at radius 1 is 0.681 bits per heavy atom. The molecule has 1 saturated carbocycles. The first-order valence-corrected chi connectivity index (χ1v) is 35.3. The summed E-state index contributed by atoms with van der Waals surface area (Å²) in [6.45, 7) is 5.10. The number of carboxylic acids is 2. The molecule has 0 radical (unpaired) electrons. The van der Waals surface area contributed by atoms with E-state index in [4.69, 9.17) is 44.4 Å². The molecule has 26 nitrogen and oxygen atoms in total. The van der Waals surface area contributed by atoms with Crippen molar-refractivity contribution in [1.29, 1.82) is 0 Å². The van der Waals surface area contributed by atoms with Crippen LogP contribution in [-0.4, -0.2) is 131 Å². The number of methoxy groups -OCH3 is 1. The number of fused-ring (bicyclic) bond motifs is 14. The minimum Gasteiger partial charge on any atom is -0.481 e. The van der Waals surface area contributed by atoms with Crippen LogP contribution >= 0.6 is 68.0 Å². The molecule has 494 valence electrons. The highest BCUT2D eigenvalue weighted by Gasteiger charge is 2.35. The summed E-state index contributed by atoms with van der Waals surface area (Å²) in [7, 11) is 2.93. The number of rotatable bonds is 18. The number of nitrogens with zero attached hydrogens (tertiary/aromatic N) is 8. The van der Waals surface area contributed by atoms with Crippen LogP contribution in [0.25, 0.3) is 43.4 Å². The van der Waals surface area contributed by atoms with Crippen LogP contribution in [0.2, 0.25) is 0 Å². The summed E-state index contributed by atoms with van der Waals surface area (Å²) in [6.07, 6.45) is 1.07. The van der Waals surface area contributed by atoms with E-state index in [0.29, 0.717) is 120 Å². The first-order chi connectivity index (χ1) is 45.2. The molecule has 4 atom stereocenters. The SMILES string of the molecule is CNC(=O)C[C@@H]1NC(=O)c2csc(n2)-c2ccc(-c3nc(N(CCCCCCC(=O)O)C(=O)O[C@H]4CC[C@H](C(=O)O)CC4)cs3)nc2-c2csc(n2)-c2csc(n2)[C@H]([C@@H](O)c2ccccc2)NC(=O)CNC(=O)c2nc(sc2COC)C(C(C)C)NC(=O)c2nc1sc2C. The highest BCUT2D eigenvalue weighted by Crippen LogP contribution is 2.41. The Hall–Kier alpha value is -8.37. The highest BCUT2D eigenvalue weighted by molar-refractivity contribution is 7.15. The maximum atomic E-state index is 14.5. The highest BCUT2D eigenvalue weighted by atomic mass is 32.1. The number of aromatic nitrogens is 7. The fourth-order valence-corrected chi connectivity index (χ4v) is 16.1. The molecule has 1 aromatic carbocycles. The lowest BCUT2D eigenvalue weighted by atomic mass is 9.87. The number of aliphatic hydroxyl groups is 1. The van der Waals surface area contributed by atoms with Gasteiger partial charge in [-0.1, -0.05) is 57.0 Å². The lowest BCUT2D eigenvalue weighted by Crippen LogP contribution is -2.40. The quantitative estimate of drug-likeness (QED) is 0.0370. The van der Waals surface area contributed by atoms with E-state index in [2.05, 4.69) is 26.6 Å². The van der Waals surface area contributed by atoms with Crippen molar-refractivity contribution in [3.8, 4) is 43.4 Å². The number of carbonyl (C=O) groups is 8. The summed E-state index contributed by atoms with van der Waals surface area (Å²) in [4.78, 5) is 144. The second kappa shape index (κ2) is 31.2. The lowest BCUT2D eigenvalue weighted by Gasteiger charge is -2.28. The Bertz CT molecular complexity index is 4060. The molecule has 94 heavy (non-hydrogen) atoms. The second-order valence-corrected chi connectivity index (χ2v) is 28.4. The third kappa shape index (κ3) is 16.6. The normalized spacial score (nSPS) is 18.3. The minimum absolute atomic E-state index is 0.00193. The molecule has 8 heterocycles. The summed E-state index contributed by atoms with van der Waals surface area (Å²) in [5, 5.41) is 53.9. The number of hydrogen-bond acceptors (Lipinski definition) is 24. The number of benzene rings is 1. The Morgan fingerprint density at radius 2 is 1.38 bits per heavy atom. The van der Waals surface area contributed by atoms with Crippen molar-refractivity contribution in [2.45, 2.75) is 122 Å². The molecule has 2 aliphatic rings. The molecule has 32 heteroatoms. The fraction of sp³-hybridized carbons (Fsp3) is 0.403. The third-order valence-electron chi connectivity index (χ3n) is 15.5. The molecular formula is C62H67N13O13S6. The predicted molar refractivity (Wildman–Crippen MR) is 355 cm³/mol. The monoisotopic (exact) mass is 1390 g/mol. The number of amides is 6. The van der Waals surface area contributed by atoms with E-state index >= 15 is 0 Å². The van der Waals surface area contributed by atoms with E-state index in [0.717, 1.165) is 34.0 Å². The van der Waals surface area contributed by atoms with Crippen molar-refractivity contribution in [2.75, 3.05) is 32.1 Å². The van der Waals surface area contributed by atoms with Gasteiger partial charge in [-0.05, 0) is 69.1 Å². The average molecular weight is 1390 g/mol. The van der Waals surface area contributed by atoms with Crippen LogP contribution in [-0.2, 0) is 35.3 Å². The molecule has 0 saturated heterocycles. The largest absolute Gasteiger partial charge is 0.481 e. The predicted octanol–water partition coefficient (Wildman–Crippen LogP) is 9.93. The van der Waals surface area contributed by atoms with E-state index in [-0.39, 0.29) is 59.8 Å². The number of aryl methyl sites for hydroxylation is 1. The first kappa shape index (κ1) is 68.5. The van der Waals surface area contributed by atoms with Crippen molar-refractivity contribution < 1.29 is 63.1 Å². The molecule has 1 unspecified atom stereocenters. The Balaban J connectivity index is 1.03. The molecule has 6 amide bonds. The fourth-order valence-electron chi connectivity index (χ4n) is 10.5. The van der Waals surface area contributed by atoms with Crippen LogP contribution in [0.1, 0.15) is 164 Å². The van der Waals surface area contributed by atoms with Crippen molar-refractivity contribution in [3.05, 3.63) is 111 Å². The summed E-state index contributed by atoms with van der Waals surface area (Å²) in [5.41, 5.74) is 2.45. The lowest BCUT2D eigenvalue weighted by molar-refractivity contribution is -0.143. The average Bonchev–Trinajstić information content (AvgIpc) is 1.62. The molecule has 10 rings (SSSR count). The number of carboxylic acid groups (broad SMARTS) is 2. The Labute approximate surface area is 563 Å². The van der Waals surface area contributed by atoms with Gasteiger partial charge in [-0.2, -0.15) is 0 Å². The maximum Gasteiger partial charge on any atom is 0.415 e. The molecular weight excluding hydrogens is 1330 g/mol. The van der Waals surface area contributed by atoms with Crippen LogP contribution in [0.5, 0.6) is 0 Å². The van der Waals surface area contributed by atoms with Gasteiger partial charge in [-0.15, -0.1) is 68.0 Å². The summed E-state index contributed by atoms with van der Waals surface area (Å²) < 4.78 is 11.5. The molecule has 1 aliphatic carbocycles. The van der Waals surface area contributed by atoms with Crippen molar-refractivity contribution >= 4 is 121 Å². The van der Waals surface area contributed by atoms with Crippen LogP contribution in [0, 0.1) is 18.8 Å². The number of ether oxygens (including phenoxy) is 2. The number of carbonyl (C=O) groups excluding carboxylic acids is 6. The van der Waals surface area contributed by atoms with Crippen LogP contribution < -0.4 is 31.5 Å². The van der Waals surface area contributed by atoms with E-state index in [1.165, 1.54) is 53.1 Å². The minimum atomic E-state index is -1.31. The van der Waals surface area contributed by atoms with Gasteiger partial charge >= 0.3 is 18.0 Å². The molecule has 1 fully saturated rings. The molecule has 8 N–H and O–H groups in total. The number of anilines is 1. The maximum absolute atomic E-state index is 14.5. The first-order valence-electron chi connectivity index (χ1n) is 30.1. The van der Waals surface area contributed by atoms with Crippen molar-refractivity contribution in [3.63, 3.8) is 0 Å². The van der Waals surface area contributed by atoms with Gasteiger partial charge in [-0.3, -0.25) is 38.5 Å². The topological polar surface area (TPSA) is 369 Å². The van der Waals surface area contributed by atoms with E-state index in [9.17, 15) is 53.7 Å². The molecule has 8 aromatic rings. The number of pyridine rings is 1. The van der Waals surface area contributed by atoms with Gasteiger partial charge in [-0.25, -0.2) is 39.7 Å². The van der Waals surface area contributed by atoms with Crippen LogP contribution in [0.3, 0.4) is 0 Å². The van der Waals surface area contributed by atoms with Gasteiger partial charge in [0.15, 0.2) is 0 Å². The molecule has 7 aromatic heterocycles. The number of hydrogen-bond donors (Lipinski definition) is 8. The number of nitrogens with one attached hydrogen (secondary N) is 5. The third-order valence-corrected chi connectivity index (χ3v) is 21.3. The van der Waals surface area contributed by atoms with Gasteiger partial charge in [0.2, 0.25) is 11.8 Å². The van der Waals surface area contributed by atoms with Gasteiger partial charge in [0.25, 0.3) is 17.7 Å². The Morgan fingerprint density at radius 3 is 2.12 bits per heavy atom. The van der Waals surface area contributed by atoms with Gasteiger partial charge in [0.1, 0.15) is 88.3 Å². The molecule has 10 bridgehead atoms. The summed E-state index contributed by atoms with van der Waals surface area (Å²) in [6, 6.07) is 9.35. The molecule has 1 aliphatic heterocycles. The number of unbranched alkanes of at least 4 members (excludes halogenated alkanes) is 3. The van der Waals surface area contributed by atoms with Gasteiger partial charge in [0, 0.05) is 59.1 Å². The summed E-state index contributed by atoms with van der Waals surface area (Å²) in [5.74, 6) is -5.25. The van der Waals surface area contributed by atoms with Crippen LogP contribution in [0.15, 0.2) is 64.0 Å². The van der Waals surface area contributed by atoms with Crippen LogP contribution in [0.4, 0.5) is 10.6 Å².